The summed E-state index contributed by atoms with van der Waals surface area (Å²) in [5.41, 5.74) is 2.57. The Morgan fingerprint density at radius 1 is 1.29 bits per heavy atom. The van der Waals surface area contributed by atoms with E-state index < -0.39 is 0 Å². The number of esters is 1. The lowest BCUT2D eigenvalue weighted by molar-refractivity contribution is 0.0527. The molecule has 0 amide bonds. The molecule has 0 unspecified atom stereocenters. The zero-order chi connectivity index (χ0) is 17.1. The van der Waals surface area contributed by atoms with E-state index >= 15 is 0 Å². The van der Waals surface area contributed by atoms with Gasteiger partial charge in [0, 0.05) is 15.6 Å². The molecule has 24 heavy (non-hydrogen) atoms. The van der Waals surface area contributed by atoms with Crippen LogP contribution in [-0.2, 0) is 17.6 Å². The number of fused-ring (bicyclic) bond motifs is 1. The topological polar surface area (TPSA) is 50.4 Å². The smallest absolute Gasteiger partial charge is 0.341 e. The van der Waals surface area contributed by atoms with Crippen LogP contribution in [0.2, 0.25) is 5.02 Å². The van der Waals surface area contributed by atoms with Crippen molar-refractivity contribution in [1.82, 2.24) is 0 Å². The second-order valence-electron chi connectivity index (χ2n) is 5.37. The minimum Gasteiger partial charge on any atom is -0.462 e. The van der Waals surface area contributed by atoms with E-state index in [-0.39, 0.29) is 5.97 Å². The predicted molar refractivity (Wildman–Crippen MR) is 104 cm³/mol. The van der Waals surface area contributed by atoms with Crippen molar-refractivity contribution in [3.8, 4) is 0 Å². The normalized spacial score (nSPS) is 12.6. The number of thiocarbonyl (C=S) groups is 1. The van der Waals surface area contributed by atoms with Gasteiger partial charge < -0.3 is 15.4 Å². The Bertz CT molecular complexity index is 772. The highest BCUT2D eigenvalue weighted by molar-refractivity contribution is 7.80. The lowest BCUT2D eigenvalue weighted by Crippen LogP contribution is -2.20. The van der Waals surface area contributed by atoms with Gasteiger partial charge in [0.25, 0.3) is 0 Å². The van der Waals surface area contributed by atoms with Crippen LogP contribution in [0.3, 0.4) is 0 Å². The van der Waals surface area contributed by atoms with Crippen LogP contribution < -0.4 is 10.6 Å². The maximum Gasteiger partial charge on any atom is 0.341 e. The van der Waals surface area contributed by atoms with Gasteiger partial charge in [0.1, 0.15) is 5.00 Å². The van der Waals surface area contributed by atoms with Crippen molar-refractivity contribution in [1.29, 1.82) is 0 Å². The van der Waals surface area contributed by atoms with Crippen LogP contribution >= 0.6 is 35.2 Å². The summed E-state index contributed by atoms with van der Waals surface area (Å²) in [5, 5.41) is 8.10. The van der Waals surface area contributed by atoms with Crippen molar-refractivity contribution >= 4 is 56.9 Å². The van der Waals surface area contributed by atoms with Gasteiger partial charge in [-0.1, -0.05) is 11.6 Å². The van der Waals surface area contributed by atoms with E-state index in [1.165, 1.54) is 4.88 Å². The summed E-state index contributed by atoms with van der Waals surface area (Å²) in [6, 6.07) is 7.26. The lowest BCUT2D eigenvalue weighted by atomic mass is 10.1. The van der Waals surface area contributed by atoms with E-state index in [4.69, 9.17) is 28.6 Å². The molecule has 0 spiro atoms. The monoisotopic (exact) mass is 380 g/mol. The number of halogens is 1. The molecular weight excluding hydrogens is 364 g/mol. The number of rotatable bonds is 4. The Labute approximate surface area is 155 Å². The van der Waals surface area contributed by atoms with Crippen LogP contribution in [0.1, 0.15) is 34.1 Å². The molecule has 1 aromatic heterocycles. The Morgan fingerprint density at radius 2 is 2.04 bits per heavy atom. The third-order valence-electron chi connectivity index (χ3n) is 3.73. The molecular formula is C17H17ClN2O2S2. The summed E-state index contributed by atoms with van der Waals surface area (Å²) < 4.78 is 5.21. The van der Waals surface area contributed by atoms with E-state index in [1.54, 1.807) is 23.5 Å². The Balaban J connectivity index is 1.78. The molecule has 7 heteroatoms. The van der Waals surface area contributed by atoms with Crippen LogP contribution in [0.15, 0.2) is 24.3 Å². The first kappa shape index (κ1) is 17.2. The van der Waals surface area contributed by atoms with Crippen LogP contribution in [0.4, 0.5) is 10.7 Å². The molecule has 0 saturated heterocycles. The van der Waals surface area contributed by atoms with Crippen molar-refractivity contribution < 1.29 is 9.53 Å². The number of carbonyl (C=O) groups is 1. The summed E-state index contributed by atoms with van der Waals surface area (Å²) >= 11 is 12.8. The van der Waals surface area contributed by atoms with Crippen LogP contribution in [0.25, 0.3) is 0 Å². The molecule has 1 aliphatic carbocycles. The second kappa shape index (κ2) is 7.51. The van der Waals surface area contributed by atoms with E-state index in [0.29, 0.717) is 22.3 Å². The summed E-state index contributed by atoms with van der Waals surface area (Å²) in [6.07, 6.45) is 3.01. The Kier molecular flexibility index (Phi) is 5.38. The maximum atomic E-state index is 12.3. The number of thiophene rings is 1. The molecule has 0 fully saturated rings. The summed E-state index contributed by atoms with van der Waals surface area (Å²) in [5.74, 6) is -0.284. The quantitative estimate of drug-likeness (QED) is 0.585. The van der Waals surface area contributed by atoms with Gasteiger partial charge in [0.2, 0.25) is 0 Å². The molecule has 1 aliphatic rings. The average molecular weight is 381 g/mol. The van der Waals surface area contributed by atoms with Gasteiger partial charge in [-0.15, -0.1) is 11.3 Å². The van der Waals surface area contributed by atoms with Crippen molar-refractivity contribution in [2.45, 2.75) is 26.2 Å². The maximum absolute atomic E-state index is 12.3. The van der Waals surface area contributed by atoms with E-state index in [9.17, 15) is 4.79 Å². The standard InChI is InChI=1S/C17H17ClN2O2S2/c1-2-22-16(21)14-12-4-3-5-13(12)24-15(14)20-17(23)19-11-8-6-10(18)7-9-11/h6-9H,2-5H2,1H3,(H2,19,20,23). The van der Waals surface area contributed by atoms with Crippen molar-refractivity contribution in [2.24, 2.45) is 0 Å². The van der Waals surface area contributed by atoms with Crippen molar-refractivity contribution in [3.05, 3.63) is 45.3 Å². The molecule has 126 valence electrons. The van der Waals surface area contributed by atoms with Crippen molar-refractivity contribution in [3.63, 3.8) is 0 Å². The highest BCUT2D eigenvalue weighted by atomic mass is 35.5. The zero-order valence-corrected chi connectivity index (χ0v) is 15.5. The minimum atomic E-state index is -0.284. The average Bonchev–Trinajstić information content (AvgIpc) is 3.10. The fraction of sp³-hybridized carbons (Fsp3) is 0.294. The van der Waals surface area contributed by atoms with Gasteiger partial charge in [-0.05, 0) is 68.2 Å². The number of anilines is 2. The predicted octanol–water partition coefficient (Wildman–Crippen LogP) is 4.88. The SMILES string of the molecule is CCOC(=O)c1c(NC(=S)Nc2ccc(Cl)cc2)sc2c1CCC2. The fourth-order valence-electron chi connectivity index (χ4n) is 2.71. The number of nitrogens with one attached hydrogen (secondary N) is 2. The summed E-state index contributed by atoms with van der Waals surface area (Å²) in [4.78, 5) is 13.6. The summed E-state index contributed by atoms with van der Waals surface area (Å²) in [6.45, 7) is 2.17. The molecule has 2 N–H and O–H groups in total. The lowest BCUT2D eigenvalue weighted by Gasteiger charge is -2.11. The highest BCUT2D eigenvalue weighted by Gasteiger charge is 2.27. The van der Waals surface area contributed by atoms with Crippen LogP contribution in [0, 0.1) is 0 Å². The first-order valence-corrected chi connectivity index (χ1v) is 9.34. The molecule has 3 rings (SSSR count). The van der Waals surface area contributed by atoms with Gasteiger partial charge in [-0.25, -0.2) is 4.79 Å². The number of aryl methyl sites for hydroxylation is 1. The van der Waals surface area contributed by atoms with E-state index in [0.717, 1.165) is 35.5 Å². The molecule has 1 heterocycles. The Hall–Kier alpha value is -1.63. The van der Waals surface area contributed by atoms with Crippen LogP contribution in [-0.4, -0.2) is 17.7 Å². The first-order valence-electron chi connectivity index (χ1n) is 7.73. The largest absolute Gasteiger partial charge is 0.462 e. The fourth-order valence-corrected chi connectivity index (χ4v) is 4.40. The molecule has 0 aliphatic heterocycles. The van der Waals surface area contributed by atoms with Gasteiger partial charge >= 0.3 is 5.97 Å². The molecule has 0 atom stereocenters. The van der Waals surface area contributed by atoms with E-state index in [2.05, 4.69) is 10.6 Å². The first-order chi connectivity index (χ1) is 11.6. The summed E-state index contributed by atoms with van der Waals surface area (Å²) in [7, 11) is 0. The van der Waals surface area contributed by atoms with Crippen LogP contribution in [0.5, 0.6) is 0 Å². The highest BCUT2D eigenvalue weighted by Crippen LogP contribution is 2.39. The second-order valence-corrected chi connectivity index (χ2v) is 7.32. The molecule has 1 aromatic carbocycles. The zero-order valence-electron chi connectivity index (χ0n) is 13.1. The van der Waals surface area contributed by atoms with Gasteiger partial charge in [-0.2, -0.15) is 0 Å². The van der Waals surface area contributed by atoms with Crippen molar-refractivity contribution in [2.75, 3.05) is 17.2 Å². The van der Waals surface area contributed by atoms with Gasteiger partial charge in [0.15, 0.2) is 5.11 Å². The van der Waals surface area contributed by atoms with E-state index in [1.807, 2.05) is 19.1 Å². The minimum absolute atomic E-state index is 0.284. The van der Waals surface area contributed by atoms with Gasteiger partial charge in [0.05, 0.1) is 12.2 Å². The third-order valence-corrected chi connectivity index (χ3v) is 5.39. The molecule has 0 radical (unpaired) electrons. The molecule has 0 bridgehead atoms. The number of ether oxygens (including phenoxy) is 1. The molecule has 0 saturated carbocycles. The number of hydrogen-bond acceptors (Lipinski definition) is 4. The Morgan fingerprint density at radius 3 is 2.75 bits per heavy atom. The number of hydrogen-bond donors (Lipinski definition) is 2. The third kappa shape index (κ3) is 3.71. The van der Waals surface area contributed by atoms with Gasteiger partial charge in [-0.3, -0.25) is 0 Å². The molecule has 4 nitrogen and oxygen atoms in total. The molecule has 2 aromatic rings. The number of carbonyl (C=O) groups excluding carboxylic acids is 1. The number of benzene rings is 1.